The van der Waals surface area contributed by atoms with Crippen molar-refractivity contribution in [3.63, 3.8) is 0 Å². The fourth-order valence-corrected chi connectivity index (χ4v) is 4.36. The molecule has 1 saturated carbocycles. The van der Waals surface area contributed by atoms with Crippen LogP contribution in [0.4, 0.5) is 0 Å². The second-order valence-corrected chi connectivity index (χ2v) is 7.98. The van der Waals surface area contributed by atoms with Gasteiger partial charge in [0.25, 0.3) is 5.91 Å². The van der Waals surface area contributed by atoms with Gasteiger partial charge in [-0.05, 0) is 38.3 Å². The maximum Gasteiger partial charge on any atom is 0.257 e. The van der Waals surface area contributed by atoms with Crippen molar-refractivity contribution in [2.45, 2.75) is 57.7 Å². The summed E-state index contributed by atoms with van der Waals surface area (Å²) in [6.45, 7) is 4.06. The number of carbonyl (C=O) groups is 1. The highest BCUT2D eigenvalue weighted by atomic mass is 16.3. The Bertz CT molecular complexity index is 860. The Morgan fingerprint density at radius 3 is 2.04 bits per heavy atom. The van der Waals surface area contributed by atoms with Crippen molar-refractivity contribution in [2.75, 3.05) is 0 Å². The molecule has 0 spiro atoms. The Balaban J connectivity index is 1.80. The first-order chi connectivity index (χ1) is 13.0. The Morgan fingerprint density at radius 2 is 1.44 bits per heavy atom. The van der Waals surface area contributed by atoms with Gasteiger partial charge in [-0.3, -0.25) is 9.69 Å². The number of aryl methyl sites for hydroxylation is 2. The summed E-state index contributed by atoms with van der Waals surface area (Å²) >= 11 is 0. The summed E-state index contributed by atoms with van der Waals surface area (Å²) in [5, 5.41) is 11.8. The zero-order valence-electron chi connectivity index (χ0n) is 16.1. The second kappa shape index (κ2) is 6.97. The molecule has 1 aliphatic heterocycles. The summed E-state index contributed by atoms with van der Waals surface area (Å²) in [5.74, 6) is -0.0613. The summed E-state index contributed by atoms with van der Waals surface area (Å²) in [7, 11) is 0. The van der Waals surface area contributed by atoms with Crippen LogP contribution in [0.1, 0.15) is 54.4 Å². The van der Waals surface area contributed by atoms with Gasteiger partial charge in [-0.15, -0.1) is 0 Å². The molecule has 1 atom stereocenters. The van der Waals surface area contributed by atoms with Crippen LogP contribution in [0.15, 0.2) is 54.6 Å². The Kier molecular flexibility index (Phi) is 4.65. The number of aliphatic hydroxyl groups is 1. The highest BCUT2D eigenvalue weighted by molar-refractivity contribution is 6.22. The molecule has 1 fully saturated rings. The summed E-state index contributed by atoms with van der Waals surface area (Å²) in [6.07, 6.45) is 7.10. The molecule has 1 amide bonds. The molecule has 0 aromatic heterocycles. The van der Waals surface area contributed by atoms with Crippen molar-refractivity contribution < 1.29 is 9.90 Å². The SMILES string of the molecule is Cc1ccc(C2=CC(O)(c3ccc(C)cc3)N(C3CCCCC3)C2=O)cc1. The van der Waals surface area contributed by atoms with E-state index in [0.29, 0.717) is 5.57 Å². The number of nitrogens with zero attached hydrogens (tertiary/aromatic N) is 1. The van der Waals surface area contributed by atoms with Crippen LogP contribution in [0.25, 0.3) is 5.57 Å². The van der Waals surface area contributed by atoms with Crippen LogP contribution in [0, 0.1) is 13.8 Å². The van der Waals surface area contributed by atoms with Gasteiger partial charge >= 0.3 is 0 Å². The number of amides is 1. The standard InChI is InChI=1S/C24H27NO2/c1-17-8-12-19(13-9-17)22-16-24(27,20-14-10-18(2)11-15-20)25(23(22)26)21-6-4-3-5-7-21/h8-16,21,27H,3-7H2,1-2H3. The minimum atomic E-state index is -1.38. The van der Waals surface area contributed by atoms with Crippen LogP contribution in [0.5, 0.6) is 0 Å². The average Bonchev–Trinajstić information content (AvgIpc) is 2.95. The molecule has 3 nitrogen and oxygen atoms in total. The normalized spacial score (nSPS) is 23.6. The summed E-state index contributed by atoms with van der Waals surface area (Å²) in [4.78, 5) is 15.2. The van der Waals surface area contributed by atoms with Crippen LogP contribution in [0.3, 0.4) is 0 Å². The third kappa shape index (κ3) is 3.21. The van der Waals surface area contributed by atoms with E-state index in [-0.39, 0.29) is 11.9 Å². The van der Waals surface area contributed by atoms with E-state index in [1.807, 2.05) is 62.4 Å². The van der Waals surface area contributed by atoms with E-state index in [1.54, 1.807) is 11.0 Å². The smallest absolute Gasteiger partial charge is 0.257 e. The molecular formula is C24H27NO2. The van der Waals surface area contributed by atoms with Gasteiger partial charge in [-0.25, -0.2) is 0 Å². The molecule has 2 aromatic carbocycles. The first-order valence-corrected chi connectivity index (χ1v) is 9.92. The number of benzene rings is 2. The molecule has 1 N–H and O–H groups in total. The van der Waals surface area contributed by atoms with Crippen molar-refractivity contribution in [3.8, 4) is 0 Å². The molecule has 0 bridgehead atoms. The van der Waals surface area contributed by atoms with Gasteiger partial charge < -0.3 is 5.11 Å². The number of hydrogen-bond donors (Lipinski definition) is 1. The molecule has 4 rings (SSSR count). The van der Waals surface area contributed by atoms with Gasteiger partial charge in [-0.2, -0.15) is 0 Å². The molecule has 140 valence electrons. The highest BCUT2D eigenvalue weighted by Gasteiger charge is 2.48. The number of carbonyl (C=O) groups excluding carboxylic acids is 1. The van der Waals surface area contributed by atoms with E-state index in [9.17, 15) is 9.90 Å². The Hall–Kier alpha value is -2.39. The van der Waals surface area contributed by atoms with Crippen molar-refractivity contribution in [2.24, 2.45) is 0 Å². The number of hydrogen-bond acceptors (Lipinski definition) is 2. The van der Waals surface area contributed by atoms with Crippen molar-refractivity contribution in [3.05, 3.63) is 76.9 Å². The van der Waals surface area contributed by atoms with Crippen LogP contribution in [-0.4, -0.2) is 22.0 Å². The summed E-state index contributed by atoms with van der Waals surface area (Å²) in [5.41, 5.74) is 3.14. The van der Waals surface area contributed by atoms with Gasteiger partial charge in [0.2, 0.25) is 0 Å². The lowest BCUT2D eigenvalue weighted by atomic mass is 9.91. The topological polar surface area (TPSA) is 40.5 Å². The quantitative estimate of drug-likeness (QED) is 0.860. The van der Waals surface area contributed by atoms with Crippen LogP contribution in [0.2, 0.25) is 0 Å². The van der Waals surface area contributed by atoms with Crippen molar-refractivity contribution in [1.82, 2.24) is 4.90 Å². The molecule has 1 aliphatic carbocycles. The monoisotopic (exact) mass is 361 g/mol. The van der Waals surface area contributed by atoms with Gasteiger partial charge in [0.15, 0.2) is 5.72 Å². The second-order valence-electron chi connectivity index (χ2n) is 7.98. The van der Waals surface area contributed by atoms with Crippen molar-refractivity contribution in [1.29, 1.82) is 0 Å². The predicted molar refractivity (Wildman–Crippen MR) is 108 cm³/mol. The molecular weight excluding hydrogens is 334 g/mol. The maximum atomic E-state index is 13.4. The molecule has 0 saturated heterocycles. The lowest BCUT2D eigenvalue weighted by Gasteiger charge is -2.41. The lowest BCUT2D eigenvalue weighted by molar-refractivity contribution is -0.150. The fraction of sp³-hybridized carbons (Fsp3) is 0.375. The van der Waals surface area contributed by atoms with Gasteiger partial charge in [0, 0.05) is 17.2 Å². The first kappa shape index (κ1) is 18.0. The van der Waals surface area contributed by atoms with Crippen LogP contribution < -0.4 is 0 Å². The molecule has 2 aliphatic rings. The first-order valence-electron chi connectivity index (χ1n) is 9.92. The predicted octanol–water partition coefficient (Wildman–Crippen LogP) is 4.71. The van der Waals surface area contributed by atoms with E-state index in [1.165, 1.54) is 6.42 Å². The molecule has 1 unspecified atom stereocenters. The van der Waals surface area contributed by atoms with Gasteiger partial charge in [-0.1, -0.05) is 78.9 Å². The average molecular weight is 361 g/mol. The van der Waals surface area contributed by atoms with Crippen LogP contribution >= 0.6 is 0 Å². The van der Waals surface area contributed by atoms with E-state index in [4.69, 9.17) is 0 Å². The zero-order chi connectivity index (χ0) is 19.0. The minimum Gasteiger partial charge on any atom is -0.363 e. The Morgan fingerprint density at radius 1 is 0.889 bits per heavy atom. The molecule has 27 heavy (non-hydrogen) atoms. The number of rotatable bonds is 3. The third-order valence-electron chi connectivity index (χ3n) is 5.94. The van der Waals surface area contributed by atoms with Gasteiger partial charge in [0.05, 0.1) is 0 Å². The summed E-state index contributed by atoms with van der Waals surface area (Å²) in [6, 6.07) is 15.9. The molecule has 2 aromatic rings. The van der Waals surface area contributed by atoms with E-state index in [2.05, 4.69) is 0 Å². The molecule has 1 heterocycles. The van der Waals surface area contributed by atoms with Gasteiger partial charge in [0.1, 0.15) is 0 Å². The van der Waals surface area contributed by atoms with E-state index in [0.717, 1.165) is 47.9 Å². The third-order valence-corrected chi connectivity index (χ3v) is 5.94. The van der Waals surface area contributed by atoms with Crippen LogP contribution in [-0.2, 0) is 10.5 Å². The largest absolute Gasteiger partial charge is 0.363 e. The molecule has 3 heteroatoms. The molecule has 0 radical (unpaired) electrons. The minimum absolute atomic E-state index is 0.0613. The van der Waals surface area contributed by atoms with E-state index >= 15 is 0 Å². The zero-order valence-corrected chi connectivity index (χ0v) is 16.1. The maximum absolute atomic E-state index is 13.4. The van der Waals surface area contributed by atoms with Crippen molar-refractivity contribution >= 4 is 11.5 Å². The lowest BCUT2D eigenvalue weighted by Crippen LogP contribution is -2.50. The van der Waals surface area contributed by atoms with E-state index < -0.39 is 5.72 Å². The Labute approximate surface area is 161 Å². The fourth-order valence-electron chi connectivity index (χ4n) is 4.36. The highest BCUT2D eigenvalue weighted by Crippen LogP contribution is 2.43. The summed E-state index contributed by atoms with van der Waals surface area (Å²) < 4.78 is 0.